The molecule has 0 aliphatic carbocycles. The lowest BCUT2D eigenvalue weighted by atomic mass is 10.4. The van der Waals surface area contributed by atoms with E-state index in [0.717, 1.165) is 17.2 Å². The first kappa shape index (κ1) is 13.7. The van der Waals surface area contributed by atoms with Crippen LogP contribution in [0.1, 0.15) is 12.6 Å². The zero-order valence-electron chi connectivity index (χ0n) is 10.2. The Morgan fingerprint density at radius 1 is 1.47 bits per heavy atom. The average molecular weight is 299 g/mol. The fourth-order valence-corrected chi connectivity index (χ4v) is 3.61. The smallest absolute Gasteiger partial charge is 0.184 e. The van der Waals surface area contributed by atoms with Crippen LogP contribution in [0.25, 0.3) is 0 Å². The van der Waals surface area contributed by atoms with Crippen LogP contribution in [0.2, 0.25) is 0 Å². The monoisotopic (exact) mass is 299 g/mol. The zero-order chi connectivity index (χ0) is 13.9. The number of sulfone groups is 1. The number of nitrogens with two attached hydrogens (primary N) is 1. The molecule has 7 nitrogen and oxygen atoms in total. The van der Waals surface area contributed by atoms with E-state index in [9.17, 15) is 8.42 Å². The van der Waals surface area contributed by atoms with Gasteiger partial charge < -0.3 is 11.1 Å². The molecule has 19 heavy (non-hydrogen) atoms. The van der Waals surface area contributed by atoms with E-state index in [0.29, 0.717) is 11.5 Å². The van der Waals surface area contributed by atoms with Crippen LogP contribution in [-0.4, -0.2) is 28.5 Å². The molecule has 0 saturated heterocycles. The number of anilines is 2. The summed E-state index contributed by atoms with van der Waals surface area (Å²) in [5, 5.41) is 3.44. The van der Waals surface area contributed by atoms with E-state index in [1.165, 1.54) is 6.33 Å². The van der Waals surface area contributed by atoms with Crippen LogP contribution in [0.15, 0.2) is 23.5 Å². The number of hydrogen-bond donors (Lipinski definition) is 2. The van der Waals surface area contributed by atoms with Crippen LogP contribution in [0, 0.1) is 0 Å². The van der Waals surface area contributed by atoms with Gasteiger partial charge in [0.2, 0.25) is 0 Å². The first-order chi connectivity index (χ1) is 9.04. The normalized spacial score (nSPS) is 11.4. The number of nitrogens with zero attached hydrogens (tertiary/aromatic N) is 3. The van der Waals surface area contributed by atoms with E-state index in [1.54, 1.807) is 19.2 Å². The standard InChI is InChI=1S/C10H13N5O2S2/c1-2-19(16,17)8-9(11)15-18-10(8)13-5-7-3-4-12-6-14-7/h3-4,6,13H,2,5H2,1H3,(H2,11,15). The number of nitrogens with one attached hydrogen (secondary N) is 1. The van der Waals surface area contributed by atoms with Crippen molar-refractivity contribution in [2.24, 2.45) is 0 Å². The molecule has 0 radical (unpaired) electrons. The lowest BCUT2D eigenvalue weighted by Gasteiger charge is -2.06. The second-order valence-corrected chi connectivity index (χ2v) is 6.67. The molecule has 0 bridgehead atoms. The lowest BCUT2D eigenvalue weighted by molar-refractivity contribution is 0.598. The maximum absolute atomic E-state index is 11.9. The quantitative estimate of drug-likeness (QED) is 0.844. The number of nitrogen functional groups attached to an aromatic ring is 1. The minimum Gasteiger partial charge on any atom is -0.382 e. The molecule has 2 rings (SSSR count). The average Bonchev–Trinajstić information content (AvgIpc) is 2.79. The van der Waals surface area contributed by atoms with Crippen molar-refractivity contribution in [2.75, 3.05) is 16.8 Å². The third-order valence-electron chi connectivity index (χ3n) is 2.44. The fourth-order valence-electron chi connectivity index (χ4n) is 1.44. The molecule has 9 heteroatoms. The van der Waals surface area contributed by atoms with E-state index in [4.69, 9.17) is 5.73 Å². The lowest BCUT2D eigenvalue weighted by Crippen LogP contribution is -2.09. The van der Waals surface area contributed by atoms with Crippen LogP contribution >= 0.6 is 11.5 Å². The number of hydrogen-bond acceptors (Lipinski definition) is 8. The van der Waals surface area contributed by atoms with Gasteiger partial charge in [-0.05, 0) is 17.6 Å². The van der Waals surface area contributed by atoms with Crippen LogP contribution in [-0.2, 0) is 16.4 Å². The van der Waals surface area contributed by atoms with Gasteiger partial charge >= 0.3 is 0 Å². The first-order valence-corrected chi connectivity index (χ1v) is 7.94. The third kappa shape index (κ3) is 2.99. The Morgan fingerprint density at radius 2 is 2.26 bits per heavy atom. The molecule has 0 amide bonds. The SMILES string of the molecule is CCS(=O)(=O)c1c(N)nsc1NCc1ccncn1. The summed E-state index contributed by atoms with van der Waals surface area (Å²) in [6.45, 7) is 1.96. The van der Waals surface area contributed by atoms with Crippen molar-refractivity contribution in [3.8, 4) is 0 Å². The van der Waals surface area contributed by atoms with Crippen molar-refractivity contribution in [2.45, 2.75) is 18.4 Å². The van der Waals surface area contributed by atoms with Crippen LogP contribution in [0.4, 0.5) is 10.8 Å². The summed E-state index contributed by atoms with van der Waals surface area (Å²) in [5.41, 5.74) is 6.38. The van der Waals surface area contributed by atoms with Gasteiger partial charge in [-0.3, -0.25) is 0 Å². The topological polar surface area (TPSA) is 111 Å². The highest BCUT2D eigenvalue weighted by Gasteiger charge is 2.23. The highest BCUT2D eigenvalue weighted by atomic mass is 32.2. The molecule has 0 fully saturated rings. The first-order valence-electron chi connectivity index (χ1n) is 5.51. The number of rotatable bonds is 5. The molecule has 0 saturated carbocycles. The summed E-state index contributed by atoms with van der Waals surface area (Å²) in [6.07, 6.45) is 3.05. The van der Waals surface area contributed by atoms with Crippen molar-refractivity contribution < 1.29 is 8.42 Å². The van der Waals surface area contributed by atoms with Crippen LogP contribution < -0.4 is 11.1 Å². The molecule has 2 heterocycles. The predicted molar refractivity (Wildman–Crippen MR) is 73.6 cm³/mol. The zero-order valence-corrected chi connectivity index (χ0v) is 11.8. The molecule has 0 unspecified atom stereocenters. The molecule has 0 aliphatic rings. The minimum absolute atomic E-state index is 0.0161. The molecule has 2 aromatic rings. The highest BCUT2D eigenvalue weighted by molar-refractivity contribution is 7.91. The van der Waals surface area contributed by atoms with E-state index in [-0.39, 0.29) is 16.5 Å². The van der Waals surface area contributed by atoms with Gasteiger partial charge in [0.15, 0.2) is 15.7 Å². The summed E-state index contributed by atoms with van der Waals surface area (Å²) in [4.78, 5) is 7.93. The molecular weight excluding hydrogens is 286 g/mol. The van der Waals surface area contributed by atoms with E-state index in [1.807, 2.05) is 0 Å². The Bertz CT molecular complexity index is 654. The Morgan fingerprint density at radius 3 is 2.89 bits per heavy atom. The van der Waals surface area contributed by atoms with Crippen molar-refractivity contribution >= 4 is 32.2 Å². The molecule has 0 aromatic carbocycles. The van der Waals surface area contributed by atoms with Crippen LogP contribution in [0.5, 0.6) is 0 Å². The predicted octanol–water partition coefficient (Wildman–Crippen LogP) is 0.921. The van der Waals surface area contributed by atoms with Crippen molar-refractivity contribution in [1.82, 2.24) is 14.3 Å². The molecular formula is C10H13N5O2S2. The second-order valence-electron chi connectivity index (χ2n) is 3.68. The Hall–Kier alpha value is -1.74. The van der Waals surface area contributed by atoms with Crippen molar-refractivity contribution in [1.29, 1.82) is 0 Å². The van der Waals surface area contributed by atoms with Crippen molar-refractivity contribution in [3.63, 3.8) is 0 Å². The van der Waals surface area contributed by atoms with Gasteiger partial charge in [-0.1, -0.05) is 6.92 Å². The van der Waals surface area contributed by atoms with Crippen LogP contribution in [0.3, 0.4) is 0 Å². The summed E-state index contributed by atoms with van der Waals surface area (Å²) in [7, 11) is -3.39. The molecule has 3 N–H and O–H groups in total. The van der Waals surface area contributed by atoms with Gasteiger partial charge in [-0.2, -0.15) is 4.37 Å². The Kier molecular flexibility index (Phi) is 3.96. The van der Waals surface area contributed by atoms with Crippen molar-refractivity contribution in [3.05, 3.63) is 24.3 Å². The van der Waals surface area contributed by atoms with Gasteiger partial charge in [-0.15, -0.1) is 0 Å². The second kappa shape index (κ2) is 5.49. The minimum atomic E-state index is -3.39. The van der Waals surface area contributed by atoms with Gasteiger partial charge in [0, 0.05) is 6.20 Å². The largest absolute Gasteiger partial charge is 0.382 e. The fraction of sp³-hybridized carbons (Fsp3) is 0.300. The maximum Gasteiger partial charge on any atom is 0.184 e. The van der Waals surface area contributed by atoms with Gasteiger partial charge in [0.25, 0.3) is 0 Å². The highest BCUT2D eigenvalue weighted by Crippen LogP contribution is 2.32. The van der Waals surface area contributed by atoms with Gasteiger partial charge in [-0.25, -0.2) is 18.4 Å². The maximum atomic E-state index is 11.9. The third-order valence-corrected chi connectivity index (χ3v) is 5.18. The molecule has 0 atom stereocenters. The molecule has 102 valence electrons. The van der Waals surface area contributed by atoms with Gasteiger partial charge in [0.1, 0.15) is 16.2 Å². The Labute approximate surface area is 115 Å². The Balaban J connectivity index is 2.23. The number of aromatic nitrogens is 3. The summed E-state index contributed by atoms with van der Waals surface area (Å²) >= 11 is 1.03. The van der Waals surface area contributed by atoms with E-state index >= 15 is 0 Å². The molecule has 0 spiro atoms. The summed E-state index contributed by atoms with van der Waals surface area (Å²) in [6, 6.07) is 1.74. The van der Waals surface area contributed by atoms with E-state index < -0.39 is 9.84 Å². The van der Waals surface area contributed by atoms with Gasteiger partial charge in [0.05, 0.1) is 18.0 Å². The molecule has 0 aliphatic heterocycles. The summed E-state index contributed by atoms with van der Waals surface area (Å²) in [5.74, 6) is 0.0229. The molecule has 2 aromatic heterocycles. The summed E-state index contributed by atoms with van der Waals surface area (Å²) < 4.78 is 27.8. The van der Waals surface area contributed by atoms with E-state index in [2.05, 4.69) is 19.7 Å².